The summed E-state index contributed by atoms with van der Waals surface area (Å²) in [6.45, 7) is 1.32. The zero-order valence-electron chi connectivity index (χ0n) is 11.1. The van der Waals surface area contributed by atoms with E-state index in [9.17, 15) is 26.4 Å². The van der Waals surface area contributed by atoms with E-state index in [1.54, 1.807) is 0 Å². The monoisotopic (exact) mass is 318 g/mol. The van der Waals surface area contributed by atoms with Crippen LogP contribution in [-0.4, -0.2) is 25.6 Å². The van der Waals surface area contributed by atoms with E-state index in [1.807, 2.05) is 0 Å². The van der Waals surface area contributed by atoms with Crippen molar-refractivity contribution < 1.29 is 26.4 Å². The number of halogens is 3. The van der Waals surface area contributed by atoms with E-state index in [0.29, 0.717) is 18.4 Å². The van der Waals surface area contributed by atoms with Crippen molar-refractivity contribution in [3.05, 3.63) is 41.5 Å². The first-order valence-corrected chi connectivity index (χ1v) is 7.81. The van der Waals surface area contributed by atoms with Gasteiger partial charge in [0.15, 0.2) is 15.6 Å². The standard InChI is InChI=1S/C14H13F3O3S/c1-9(18)10-2-4-11(5-3-10)13(8-14(15,16)17)21(19,20)12-6-7-12/h2-5,8,12H,6-7H2,1H3/b13-8+. The maximum Gasteiger partial charge on any atom is 0.411 e. The molecule has 0 heterocycles. The molecule has 0 aromatic heterocycles. The summed E-state index contributed by atoms with van der Waals surface area (Å²) in [4.78, 5) is 10.4. The van der Waals surface area contributed by atoms with Crippen molar-refractivity contribution in [3.63, 3.8) is 0 Å². The summed E-state index contributed by atoms with van der Waals surface area (Å²) in [5.41, 5.74) is 0.262. The molecule has 1 aromatic carbocycles. The first kappa shape index (κ1) is 15.8. The maximum absolute atomic E-state index is 12.6. The molecule has 7 heteroatoms. The van der Waals surface area contributed by atoms with Crippen LogP contribution in [0.5, 0.6) is 0 Å². The van der Waals surface area contributed by atoms with Gasteiger partial charge in [-0.25, -0.2) is 8.42 Å². The molecule has 1 saturated carbocycles. The summed E-state index contributed by atoms with van der Waals surface area (Å²) in [6, 6.07) is 5.11. The molecule has 1 fully saturated rings. The first-order valence-electron chi connectivity index (χ1n) is 6.26. The van der Waals surface area contributed by atoms with Gasteiger partial charge < -0.3 is 0 Å². The van der Waals surface area contributed by atoms with E-state index in [2.05, 4.69) is 0 Å². The van der Waals surface area contributed by atoms with E-state index in [4.69, 9.17) is 0 Å². The van der Waals surface area contributed by atoms with Crippen LogP contribution < -0.4 is 0 Å². The number of carbonyl (C=O) groups excluding carboxylic acids is 1. The number of hydrogen-bond donors (Lipinski definition) is 0. The van der Waals surface area contributed by atoms with Crippen LogP contribution in [0, 0.1) is 0 Å². The zero-order valence-corrected chi connectivity index (χ0v) is 12.0. The number of benzene rings is 1. The molecule has 0 N–H and O–H groups in total. The minimum absolute atomic E-state index is 0.0516. The lowest BCUT2D eigenvalue weighted by molar-refractivity contribution is -0.0792. The average Bonchev–Trinajstić information content (AvgIpc) is 3.19. The van der Waals surface area contributed by atoms with Crippen LogP contribution in [0.3, 0.4) is 0 Å². The van der Waals surface area contributed by atoms with Crippen LogP contribution >= 0.6 is 0 Å². The Morgan fingerprint density at radius 1 is 1.14 bits per heavy atom. The van der Waals surface area contributed by atoms with Crippen molar-refractivity contribution in [2.45, 2.75) is 31.2 Å². The Morgan fingerprint density at radius 3 is 2.00 bits per heavy atom. The van der Waals surface area contributed by atoms with Crippen LogP contribution in [0.15, 0.2) is 30.3 Å². The molecule has 0 amide bonds. The van der Waals surface area contributed by atoms with Crippen molar-refractivity contribution in [1.29, 1.82) is 0 Å². The summed E-state index contributed by atoms with van der Waals surface area (Å²) in [5, 5.41) is -0.737. The fraction of sp³-hybridized carbons (Fsp3) is 0.357. The third-order valence-corrected chi connectivity index (χ3v) is 5.46. The highest BCUT2D eigenvalue weighted by atomic mass is 32.2. The van der Waals surface area contributed by atoms with Gasteiger partial charge in [0.2, 0.25) is 0 Å². The third kappa shape index (κ3) is 3.72. The molecule has 0 spiro atoms. The Balaban J connectivity index is 2.50. The van der Waals surface area contributed by atoms with Gasteiger partial charge >= 0.3 is 6.18 Å². The van der Waals surface area contributed by atoms with Gasteiger partial charge in [0.1, 0.15) is 0 Å². The highest BCUT2D eigenvalue weighted by Crippen LogP contribution is 2.39. The number of rotatable bonds is 4. The number of alkyl halides is 3. The molecule has 114 valence electrons. The maximum atomic E-state index is 12.6. The van der Waals surface area contributed by atoms with Gasteiger partial charge in [-0.15, -0.1) is 0 Å². The molecule has 0 radical (unpaired) electrons. The average molecular weight is 318 g/mol. The van der Waals surface area contributed by atoms with Gasteiger partial charge in [-0.05, 0) is 25.3 Å². The first-order chi connectivity index (χ1) is 9.61. The van der Waals surface area contributed by atoms with Gasteiger partial charge in [-0.2, -0.15) is 13.2 Å². The predicted octanol–water partition coefficient (Wildman–Crippen LogP) is 3.37. The fourth-order valence-corrected chi connectivity index (χ4v) is 3.78. The molecular formula is C14H13F3O3S. The molecule has 0 aliphatic heterocycles. The molecular weight excluding hydrogens is 305 g/mol. The molecule has 0 saturated heterocycles. The van der Waals surface area contributed by atoms with Crippen molar-refractivity contribution in [3.8, 4) is 0 Å². The summed E-state index contributed by atoms with van der Waals surface area (Å²) in [7, 11) is -3.99. The zero-order chi connectivity index (χ0) is 15.8. The predicted molar refractivity (Wildman–Crippen MR) is 72.4 cm³/mol. The second-order valence-electron chi connectivity index (χ2n) is 4.93. The largest absolute Gasteiger partial charge is 0.411 e. The minimum Gasteiger partial charge on any atom is -0.295 e. The molecule has 0 bridgehead atoms. The van der Waals surface area contributed by atoms with E-state index in [0.717, 1.165) is 0 Å². The molecule has 2 rings (SSSR count). The Kier molecular flexibility index (Phi) is 3.97. The highest BCUT2D eigenvalue weighted by Gasteiger charge is 2.41. The van der Waals surface area contributed by atoms with Crippen molar-refractivity contribution in [2.24, 2.45) is 0 Å². The van der Waals surface area contributed by atoms with Crippen LogP contribution in [0.25, 0.3) is 4.91 Å². The Labute approximate surface area is 120 Å². The molecule has 21 heavy (non-hydrogen) atoms. The lowest BCUT2D eigenvalue weighted by atomic mass is 10.1. The molecule has 3 nitrogen and oxygen atoms in total. The molecule has 1 aliphatic carbocycles. The lowest BCUT2D eigenvalue weighted by Gasteiger charge is -2.11. The summed E-state index contributed by atoms with van der Waals surface area (Å²) >= 11 is 0. The van der Waals surface area contributed by atoms with Crippen LogP contribution in [-0.2, 0) is 9.84 Å². The normalized spacial score (nSPS) is 16.9. The summed E-state index contributed by atoms with van der Waals surface area (Å²) in [6.07, 6.45) is -4.15. The second-order valence-corrected chi connectivity index (χ2v) is 7.12. The van der Waals surface area contributed by atoms with Crippen molar-refractivity contribution in [2.75, 3.05) is 0 Å². The van der Waals surface area contributed by atoms with Gasteiger partial charge in [0, 0.05) is 11.6 Å². The van der Waals surface area contributed by atoms with E-state index in [-0.39, 0.29) is 17.4 Å². The fourth-order valence-electron chi connectivity index (χ4n) is 1.91. The van der Waals surface area contributed by atoms with E-state index in [1.165, 1.54) is 31.2 Å². The number of allylic oxidation sites excluding steroid dienone is 1. The van der Waals surface area contributed by atoms with E-state index < -0.39 is 26.2 Å². The number of Topliss-reactive ketones (excluding diaryl/α,β-unsaturated/α-hetero) is 1. The summed E-state index contributed by atoms with van der Waals surface area (Å²) in [5.74, 6) is -0.243. The summed E-state index contributed by atoms with van der Waals surface area (Å²) < 4.78 is 62.2. The number of hydrogen-bond acceptors (Lipinski definition) is 3. The van der Waals surface area contributed by atoms with Crippen LogP contribution in [0.4, 0.5) is 13.2 Å². The van der Waals surface area contributed by atoms with Crippen LogP contribution in [0.2, 0.25) is 0 Å². The molecule has 1 aliphatic rings. The van der Waals surface area contributed by atoms with Gasteiger partial charge in [-0.1, -0.05) is 24.3 Å². The second kappa shape index (κ2) is 5.29. The van der Waals surface area contributed by atoms with Gasteiger partial charge in [0.25, 0.3) is 0 Å². The quantitative estimate of drug-likeness (QED) is 0.800. The number of sulfone groups is 1. The third-order valence-electron chi connectivity index (χ3n) is 3.14. The SMILES string of the molecule is CC(=O)c1ccc(/C(=C\C(F)(F)F)S(=O)(=O)C2CC2)cc1. The van der Waals surface area contributed by atoms with Gasteiger partial charge in [-0.3, -0.25) is 4.79 Å². The Bertz CT molecular complexity index is 681. The highest BCUT2D eigenvalue weighted by molar-refractivity contribution is 8.01. The lowest BCUT2D eigenvalue weighted by Crippen LogP contribution is -2.13. The number of ketones is 1. The Hall–Kier alpha value is -1.63. The smallest absolute Gasteiger partial charge is 0.295 e. The number of carbonyl (C=O) groups is 1. The van der Waals surface area contributed by atoms with Crippen molar-refractivity contribution >= 4 is 20.5 Å². The molecule has 1 aromatic rings. The molecule has 0 atom stereocenters. The van der Waals surface area contributed by atoms with Crippen LogP contribution in [0.1, 0.15) is 35.7 Å². The topological polar surface area (TPSA) is 51.2 Å². The van der Waals surface area contributed by atoms with Crippen molar-refractivity contribution in [1.82, 2.24) is 0 Å². The van der Waals surface area contributed by atoms with E-state index >= 15 is 0 Å². The Morgan fingerprint density at radius 2 is 1.62 bits per heavy atom. The van der Waals surface area contributed by atoms with Gasteiger partial charge in [0.05, 0.1) is 10.2 Å². The minimum atomic E-state index is -4.73. The molecule has 0 unspecified atom stereocenters.